The molecule has 0 bridgehead atoms. The molecular weight excluding hydrogens is 426 g/mol. The van der Waals surface area contributed by atoms with Gasteiger partial charge in [0.2, 0.25) is 11.8 Å². The molecule has 0 aromatic heterocycles. The van der Waals surface area contributed by atoms with Crippen LogP contribution in [0, 0.1) is 0 Å². The van der Waals surface area contributed by atoms with Gasteiger partial charge in [0.25, 0.3) is 0 Å². The Kier molecular flexibility index (Phi) is 8.21. The number of carbonyl (C=O) groups excluding carboxylic acids is 2. The largest absolute Gasteiger partial charge is 0.394 e. The minimum atomic E-state index is -1.47. The van der Waals surface area contributed by atoms with E-state index in [1.54, 1.807) is 0 Å². The van der Waals surface area contributed by atoms with Gasteiger partial charge in [0, 0.05) is 19.0 Å². The second kappa shape index (κ2) is 10.7. The van der Waals surface area contributed by atoms with E-state index in [0.29, 0.717) is 19.4 Å². The molecule has 0 saturated carbocycles. The Labute approximate surface area is 184 Å². The van der Waals surface area contributed by atoms with E-state index in [1.165, 1.54) is 0 Å². The zero-order chi connectivity index (χ0) is 23.4. The number of aliphatic hydroxyl groups excluding tert-OH is 4. The maximum absolute atomic E-state index is 12.5. The van der Waals surface area contributed by atoms with E-state index in [2.05, 4.69) is 26.3 Å². The van der Waals surface area contributed by atoms with E-state index in [9.17, 15) is 30.0 Å². The van der Waals surface area contributed by atoms with E-state index < -0.39 is 67.3 Å². The van der Waals surface area contributed by atoms with Crippen molar-refractivity contribution in [3.8, 4) is 0 Å². The Morgan fingerprint density at radius 1 is 1.31 bits per heavy atom. The van der Waals surface area contributed by atoms with Crippen molar-refractivity contribution in [2.45, 2.75) is 74.1 Å². The van der Waals surface area contributed by atoms with Gasteiger partial charge in [-0.2, -0.15) is 0 Å². The van der Waals surface area contributed by atoms with Crippen LogP contribution in [0.15, 0.2) is 4.99 Å². The second-order valence-electron chi connectivity index (χ2n) is 8.30. The number of nitrogens with one attached hydrogen (secondary N) is 4. The average molecular weight is 460 g/mol. The summed E-state index contributed by atoms with van der Waals surface area (Å²) in [7, 11) is 0. The van der Waals surface area contributed by atoms with Crippen LogP contribution in [0.2, 0.25) is 0 Å². The molecule has 2 fully saturated rings. The lowest BCUT2D eigenvalue weighted by Gasteiger charge is -2.43. The summed E-state index contributed by atoms with van der Waals surface area (Å²) in [5, 5.41) is 51.4. The summed E-state index contributed by atoms with van der Waals surface area (Å²) >= 11 is 0. The first-order valence-electron chi connectivity index (χ1n) is 10.7. The number of guanidine groups is 1. The molecule has 2 saturated heterocycles. The summed E-state index contributed by atoms with van der Waals surface area (Å²) in [5.74, 6) is -0.706. The van der Waals surface area contributed by atoms with Crippen molar-refractivity contribution in [1.82, 2.24) is 21.3 Å². The van der Waals surface area contributed by atoms with Crippen LogP contribution in [0.25, 0.3) is 0 Å². The summed E-state index contributed by atoms with van der Waals surface area (Å²) in [4.78, 5) is 28.7. The van der Waals surface area contributed by atoms with Crippen LogP contribution in [-0.2, 0) is 14.3 Å². The van der Waals surface area contributed by atoms with Crippen molar-refractivity contribution >= 4 is 17.8 Å². The molecule has 14 heteroatoms. The lowest BCUT2D eigenvalue weighted by Crippen LogP contribution is -2.69. The first-order valence-corrected chi connectivity index (χ1v) is 10.7. The highest BCUT2D eigenvalue weighted by Gasteiger charge is 2.47. The topological polar surface area (TPSA) is 237 Å². The molecule has 2 amide bonds. The SMILES string of the molecule is NCCCC(N)CC(=O)N[C@@H]1[C@H](O)[C@@H](O)[C@@H](CO)O[C@H]1NC1=N[C@H]2C(=O)NC[C@@H](O)[C@@H]2N1. The number of β-amino-alcohol motifs (C(OH)–C–C–N with tert-alkyl or cyclic N) is 1. The maximum atomic E-state index is 12.5. The molecule has 0 radical (unpaired) electrons. The average Bonchev–Trinajstić information content (AvgIpc) is 3.19. The second-order valence-corrected chi connectivity index (χ2v) is 8.30. The van der Waals surface area contributed by atoms with E-state index >= 15 is 0 Å². The highest BCUT2D eigenvalue weighted by atomic mass is 16.5. The molecule has 0 spiro atoms. The first-order chi connectivity index (χ1) is 15.2. The third kappa shape index (κ3) is 5.46. The predicted octanol–water partition coefficient (Wildman–Crippen LogP) is -5.86. The van der Waals surface area contributed by atoms with Gasteiger partial charge in [0.1, 0.15) is 24.4 Å². The summed E-state index contributed by atoms with van der Waals surface area (Å²) in [6.07, 6.45) is -4.83. The molecule has 0 aromatic carbocycles. The van der Waals surface area contributed by atoms with Gasteiger partial charge in [0.15, 0.2) is 18.2 Å². The Morgan fingerprint density at radius 2 is 2.06 bits per heavy atom. The zero-order valence-corrected chi connectivity index (χ0v) is 17.6. The summed E-state index contributed by atoms with van der Waals surface area (Å²) in [6, 6.07) is -3.05. The fraction of sp³-hybridized carbons (Fsp3) is 0.833. The summed E-state index contributed by atoms with van der Waals surface area (Å²) in [6.45, 7) is -0.0430. The van der Waals surface area contributed by atoms with Gasteiger partial charge in [-0.05, 0) is 19.4 Å². The van der Waals surface area contributed by atoms with Crippen LogP contribution >= 0.6 is 0 Å². The van der Waals surface area contributed by atoms with Crippen LogP contribution in [0.5, 0.6) is 0 Å². The van der Waals surface area contributed by atoms with Crippen molar-refractivity contribution in [2.24, 2.45) is 16.5 Å². The number of piperidine rings is 1. The molecular formula is C18H33N7O7. The van der Waals surface area contributed by atoms with Crippen molar-refractivity contribution in [2.75, 3.05) is 19.7 Å². The molecule has 12 N–H and O–H groups in total. The third-order valence-electron chi connectivity index (χ3n) is 5.84. The van der Waals surface area contributed by atoms with E-state index in [1.807, 2.05) is 0 Å². The molecule has 3 heterocycles. The number of nitrogens with two attached hydrogens (primary N) is 2. The Morgan fingerprint density at radius 3 is 2.72 bits per heavy atom. The van der Waals surface area contributed by atoms with E-state index in [4.69, 9.17) is 16.2 Å². The van der Waals surface area contributed by atoms with Gasteiger partial charge in [-0.25, -0.2) is 4.99 Å². The number of hydrogen-bond donors (Lipinski definition) is 10. The quantitative estimate of drug-likeness (QED) is 0.164. The third-order valence-corrected chi connectivity index (χ3v) is 5.84. The molecule has 1 unspecified atom stereocenters. The van der Waals surface area contributed by atoms with Gasteiger partial charge in [0.05, 0.1) is 18.8 Å². The number of amides is 2. The predicted molar refractivity (Wildman–Crippen MR) is 111 cm³/mol. The number of aliphatic imine (C=N–C) groups is 1. The number of carbonyl (C=O) groups is 2. The Hall–Kier alpha value is -2.07. The first kappa shape index (κ1) is 24.6. The molecule has 32 heavy (non-hydrogen) atoms. The fourth-order valence-electron chi connectivity index (χ4n) is 4.04. The normalized spacial score (nSPS) is 37.6. The summed E-state index contributed by atoms with van der Waals surface area (Å²) < 4.78 is 5.65. The molecule has 3 rings (SSSR count). The molecule has 0 aliphatic carbocycles. The maximum Gasteiger partial charge on any atom is 0.247 e. The molecule has 3 aliphatic rings. The van der Waals surface area contributed by atoms with Crippen molar-refractivity contribution in [3.05, 3.63) is 0 Å². The highest BCUT2D eigenvalue weighted by molar-refractivity contribution is 5.92. The monoisotopic (exact) mass is 459 g/mol. The summed E-state index contributed by atoms with van der Waals surface area (Å²) in [5.41, 5.74) is 11.4. The van der Waals surface area contributed by atoms with Gasteiger partial charge in [-0.1, -0.05) is 0 Å². The minimum Gasteiger partial charge on any atom is -0.394 e. The Balaban J connectivity index is 1.70. The molecule has 14 nitrogen and oxygen atoms in total. The van der Waals surface area contributed by atoms with E-state index in [-0.39, 0.29) is 24.8 Å². The van der Waals surface area contributed by atoms with Gasteiger partial charge >= 0.3 is 0 Å². The van der Waals surface area contributed by atoms with Crippen LogP contribution in [0.1, 0.15) is 19.3 Å². The van der Waals surface area contributed by atoms with Crippen LogP contribution in [0.3, 0.4) is 0 Å². The van der Waals surface area contributed by atoms with Crippen molar-refractivity contribution in [3.63, 3.8) is 0 Å². The lowest BCUT2D eigenvalue weighted by molar-refractivity contribution is -0.198. The van der Waals surface area contributed by atoms with Crippen LogP contribution in [-0.4, -0.2) is 113 Å². The number of rotatable bonds is 8. The molecule has 9 atom stereocenters. The lowest BCUT2D eigenvalue weighted by atomic mass is 9.95. The molecule has 3 aliphatic heterocycles. The Bertz CT molecular complexity index is 711. The fourth-order valence-corrected chi connectivity index (χ4v) is 4.04. The number of fused-ring (bicyclic) bond motifs is 1. The van der Waals surface area contributed by atoms with E-state index in [0.717, 1.165) is 0 Å². The van der Waals surface area contributed by atoms with Crippen LogP contribution < -0.4 is 32.7 Å². The van der Waals surface area contributed by atoms with Gasteiger partial charge in [-0.3, -0.25) is 9.59 Å². The number of hydrogen-bond acceptors (Lipinski definition) is 12. The number of nitrogens with zero attached hydrogens (tertiary/aromatic N) is 1. The molecule has 0 aromatic rings. The van der Waals surface area contributed by atoms with Gasteiger partial charge in [-0.15, -0.1) is 0 Å². The van der Waals surface area contributed by atoms with Gasteiger partial charge < -0.3 is 57.9 Å². The minimum absolute atomic E-state index is 0.0226. The van der Waals surface area contributed by atoms with Crippen LogP contribution in [0.4, 0.5) is 0 Å². The number of ether oxygens (including phenoxy) is 1. The standard InChI is InChI=1S/C18H33N7O7/c19-3-1-2-7(20)4-10(28)22-13-15(30)14(29)9(6-26)32-17(13)25-18-23-11-8(27)5-21-16(31)12(11)24-18/h7-9,11-15,17,26-27,29-30H,1-6,19-20H2,(H,21,31)(H,22,28)(H2,23,24,25)/t7?,8-,9-,11+,12-,13-,14+,15+,17-/m1/s1. The zero-order valence-electron chi connectivity index (χ0n) is 17.6. The number of aliphatic hydroxyl groups is 4. The molecule has 182 valence electrons. The van der Waals surface area contributed by atoms with Crippen molar-refractivity contribution < 1.29 is 34.8 Å². The van der Waals surface area contributed by atoms with Crippen molar-refractivity contribution in [1.29, 1.82) is 0 Å². The smallest absolute Gasteiger partial charge is 0.247 e. The highest BCUT2D eigenvalue weighted by Crippen LogP contribution is 2.21.